The summed E-state index contributed by atoms with van der Waals surface area (Å²) < 4.78 is 0. The predicted octanol–water partition coefficient (Wildman–Crippen LogP) is 2.02. The van der Waals surface area contributed by atoms with Gasteiger partial charge in [0, 0.05) is 6.54 Å². The van der Waals surface area contributed by atoms with Crippen LogP contribution in [0, 0.1) is 4.91 Å². The molecule has 1 rings (SSSR count). The molecule has 0 fully saturated rings. The summed E-state index contributed by atoms with van der Waals surface area (Å²) in [7, 11) is 0. The van der Waals surface area contributed by atoms with E-state index in [1.54, 1.807) is 24.3 Å². The summed E-state index contributed by atoms with van der Waals surface area (Å²) in [6.45, 7) is 2.52. The summed E-state index contributed by atoms with van der Waals surface area (Å²) >= 11 is 0. The minimum absolute atomic E-state index is 0.335. The fourth-order valence-electron chi connectivity index (χ4n) is 1.24. The molecule has 1 N–H and O–H groups in total. The van der Waals surface area contributed by atoms with Crippen LogP contribution in [0.3, 0.4) is 0 Å². The quantitative estimate of drug-likeness (QED) is 0.749. The molecule has 80 valence electrons. The Kier molecular flexibility index (Phi) is 4.47. The van der Waals surface area contributed by atoms with Crippen molar-refractivity contribution in [1.29, 1.82) is 0 Å². The van der Waals surface area contributed by atoms with Gasteiger partial charge in [0.2, 0.25) is 0 Å². The maximum Gasteiger partial charge on any atom is 0.253 e. The van der Waals surface area contributed by atoms with E-state index in [2.05, 4.69) is 10.5 Å². The SMILES string of the molecule is CCCNC(=O)C(N=O)c1ccccc1. The van der Waals surface area contributed by atoms with E-state index >= 15 is 0 Å². The normalized spacial score (nSPS) is 11.8. The lowest BCUT2D eigenvalue weighted by Crippen LogP contribution is -2.28. The molecule has 1 aromatic rings. The monoisotopic (exact) mass is 206 g/mol. The molecule has 4 nitrogen and oxygen atoms in total. The van der Waals surface area contributed by atoms with Crippen molar-refractivity contribution in [2.45, 2.75) is 19.4 Å². The zero-order chi connectivity index (χ0) is 11.1. The summed E-state index contributed by atoms with van der Waals surface area (Å²) in [6.07, 6.45) is 0.839. The molecule has 0 heterocycles. The highest BCUT2D eigenvalue weighted by Crippen LogP contribution is 2.16. The first-order chi connectivity index (χ1) is 7.29. The molecule has 0 spiro atoms. The highest BCUT2D eigenvalue weighted by atomic mass is 16.3. The van der Waals surface area contributed by atoms with Gasteiger partial charge in [-0.3, -0.25) is 4.79 Å². The Morgan fingerprint density at radius 2 is 2.07 bits per heavy atom. The zero-order valence-corrected chi connectivity index (χ0v) is 8.64. The van der Waals surface area contributed by atoms with E-state index in [-0.39, 0.29) is 5.91 Å². The predicted molar refractivity (Wildman–Crippen MR) is 58.3 cm³/mol. The Hall–Kier alpha value is -1.71. The number of hydrogen-bond acceptors (Lipinski definition) is 3. The number of nitrogens with one attached hydrogen (secondary N) is 1. The maximum absolute atomic E-state index is 11.5. The van der Waals surface area contributed by atoms with Crippen molar-refractivity contribution in [3.8, 4) is 0 Å². The standard InChI is InChI=1S/C11H14N2O2/c1-2-8-12-11(14)10(13-15)9-6-4-3-5-7-9/h3-7,10H,2,8H2,1H3,(H,12,14). The van der Waals surface area contributed by atoms with Crippen LogP contribution >= 0.6 is 0 Å². The van der Waals surface area contributed by atoms with Crippen LogP contribution in [-0.2, 0) is 4.79 Å². The van der Waals surface area contributed by atoms with Crippen molar-refractivity contribution >= 4 is 5.91 Å². The largest absolute Gasteiger partial charge is 0.354 e. The molecule has 0 bridgehead atoms. The molecular weight excluding hydrogens is 192 g/mol. The molecule has 1 unspecified atom stereocenters. The number of amides is 1. The topological polar surface area (TPSA) is 58.5 Å². The van der Waals surface area contributed by atoms with Crippen LogP contribution in [-0.4, -0.2) is 12.5 Å². The number of rotatable bonds is 5. The molecule has 0 aliphatic carbocycles. The average molecular weight is 206 g/mol. The van der Waals surface area contributed by atoms with E-state index < -0.39 is 6.04 Å². The molecule has 1 aromatic carbocycles. The first-order valence-electron chi connectivity index (χ1n) is 4.94. The lowest BCUT2D eigenvalue weighted by atomic mass is 10.1. The van der Waals surface area contributed by atoms with E-state index in [1.807, 2.05) is 13.0 Å². The highest BCUT2D eigenvalue weighted by Gasteiger charge is 2.20. The lowest BCUT2D eigenvalue weighted by Gasteiger charge is -2.09. The van der Waals surface area contributed by atoms with Crippen molar-refractivity contribution in [3.63, 3.8) is 0 Å². The third kappa shape index (κ3) is 3.16. The van der Waals surface area contributed by atoms with Gasteiger partial charge in [0.15, 0.2) is 6.04 Å². The lowest BCUT2D eigenvalue weighted by molar-refractivity contribution is -0.122. The summed E-state index contributed by atoms with van der Waals surface area (Å²) in [4.78, 5) is 22.1. The van der Waals surface area contributed by atoms with E-state index in [4.69, 9.17) is 0 Å². The van der Waals surface area contributed by atoms with E-state index in [0.29, 0.717) is 12.1 Å². The van der Waals surface area contributed by atoms with E-state index in [1.165, 1.54) is 0 Å². The molecule has 1 amide bonds. The van der Waals surface area contributed by atoms with Crippen molar-refractivity contribution in [2.24, 2.45) is 5.18 Å². The van der Waals surface area contributed by atoms with Gasteiger partial charge in [0.25, 0.3) is 5.91 Å². The number of hydrogen-bond donors (Lipinski definition) is 1. The van der Waals surface area contributed by atoms with Crippen molar-refractivity contribution in [2.75, 3.05) is 6.54 Å². The Morgan fingerprint density at radius 3 is 2.60 bits per heavy atom. The molecule has 0 saturated heterocycles. The van der Waals surface area contributed by atoms with Gasteiger partial charge in [0.1, 0.15) is 0 Å². The van der Waals surface area contributed by atoms with Crippen LogP contribution in [0.2, 0.25) is 0 Å². The van der Waals surface area contributed by atoms with Crippen LogP contribution < -0.4 is 5.32 Å². The molecule has 0 aliphatic rings. The van der Waals surface area contributed by atoms with Gasteiger partial charge >= 0.3 is 0 Å². The number of nitroso groups, excluding NO2 is 1. The van der Waals surface area contributed by atoms with Crippen molar-refractivity contribution in [3.05, 3.63) is 40.8 Å². The molecule has 1 atom stereocenters. The maximum atomic E-state index is 11.5. The fraction of sp³-hybridized carbons (Fsp3) is 0.364. The number of nitrogens with zero attached hydrogens (tertiary/aromatic N) is 1. The van der Waals surface area contributed by atoms with E-state index in [0.717, 1.165) is 6.42 Å². The minimum atomic E-state index is -0.933. The number of carbonyl (C=O) groups is 1. The number of carbonyl (C=O) groups excluding carboxylic acids is 1. The van der Waals surface area contributed by atoms with Gasteiger partial charge in [-0.15, -0.1) is 4.91 Å². The summed E-state index contributed by atoms with van der Waals surface area (Å²) in [5.74, 6) is -0.335. The minimum Gasteiger partial charge on any atom is -0.354 e. The average Bonchev–Trinajstić information content (AvgIpc) is 2.29. The molecule has 15 heavy (non-hydrogen) atoms. The van der Waals surface area contributed by atoms with Gasteiger partial charge in [-0.2, -0.15) is 0 Å². The van der Waals surface area contributed by atoms with Gasteiger partial charge < -0.3 is 5.32 Å². The Labute approximate surface area is 88.7 Å². The van der Waals surface area contributed by atoms with Crippen LogP contribution in [0.25, 0.3) is 0 Å². The Balaban J connectivity index is 2.72. The fourth-order valence-corrected chi connectivity index (χ4v) is 1.24. The third-order valence-corrected chi connectivity index (χ3v) is 2.02. The first-order valence-corrected chi connectivity index (χ1v) is 4.94. The van der Waals surface area contributed by atoms with Gasteiger partial charge in [-0.05, 0) is 12.0 Å². The first kappa shape index (κ1) is 11.4. The second kappa shape index (κ2) is 5.90. The summed E-state index contributed by atoms with van der Waals surface area (Å²) in [5, 5.41) is 5.50. The van der Waals surface area contributed by atoms with Crippen molar-refractivity contribution < 1.29 is 4.79 Å². The molecule has 0 radical (unpaired) electrons. The third-order valence-electron chi connectivity index (χ3n) is 2.02. The molecule has 4 heteroatoms. The Bertz CT molecular complexity index is 325. The summed E-state index contributed by atoms with van der Waals surface area (Å²) in [5.41, 5.74) is 0.626. The highest BCUT2D eigenvalue weighted by molar-refractivity contribution is 5.83. The van der Waals surface area contributed by atoms with Crippen LogP contribution in [0.4, 0.5) is 0 Å². The Morgan fingerprint density at radius 1 is 1.40 bits per heavy atom. The van der Waals surface area contributed by atoms with Crippen LogP contribution in [0.5, 0.6) is 0 Å². The van der Waals surface area contributed by atoms with Gasteiger partial charge in [-0.25, -0.2) is 0 Å². The van der Waals surface area contributed by atoms with E-state index in [9.17, 15) is 9.70 Å². The molecule has 0 aliphatic heterocycles. The number of benzene rings is 1. The molecule has 0 saturated carbocycles. The van der Waals surface area contributed by atoms with Crippen LogP contribution in [0.1, 0.15) is 24.9 Å². The second-order valence-corrected chi connectivity index (χ2v) is 3.21. The van der Waals surface area contributed by atoms with Gasteiger partial charge in [0.05, 0.1) is 0 Å². The second-order valence-electron chi connectivity index (χ2n) is 3.21. The van der Waals surface area contributed by atoms with Crippen LogP contribution in [0.15, 0.2) is 35.5 Å². The van der Waals surface area contributed by atoms with Gasteiger partial charge in [-0.1, -0.05) is 42.4 Å². The van der Waals surface area contributed by atoms with Crippen molar-refractivity contribution in [1.82, 2.24) is 5.32 Å². The zero-order valence-electron chi connectivity index (χ0n) is 8.64. The smallest absolute Gasteiger partial charge is 0.253 e. The molecular formula is C11H14N2O2. The summed E-state index contributed by atoms with van der Waals surface area (Å²) in [6, 6.07) is 7.89. The molecule has 0 aromatic heterocycles.